The summed E-state index contributed by atoms with van der Waals surface area (Å²) in [7, 11) is 1.58. The lowest BCUT2D eigenvalue weighted by Crippen LogP contribution is -2.30. The first-order valence-corrected chi connectivity index (χ1v) is 6.39. The monoisotopic (exact) mass is 279 g/mol. The molecule has 1 fully saturated rings. The van der Waals surface area contributed by atoms with E-state index in [9.17, 15) is 9.59 Å². The van der Waals surface area contributed by atoms with Gasteiger partial charge in [0.25, 0.3) is 0 Å². The second-order valence-corrected chi connectivity index (χ2v) is 4.61. The van der Waals surface area contributed by atoms with Crippen molar-refractivity contribution in [1.82, 2.24) is 5.32 Å². The lowest BCUT2D eigenvalue weighted by atomic mass is 10.3. The number of carboxylic acids is 1. The van der Waals surface area contributed by atoms with Crippen molar-refractivity contribution < 1.29 is 24.2 Å². The van der Waals surface area contributed by atoms with Crippen LogP contribution in [0.15, 0.2) is 24.3 Å². The van der Waals surface area contributed by atoms with Gasteiger partial charge in [0.2, 0.25) is 5.91 Å². The number of carboxylic acid groups (broad SMARTS) is 1. The predicted molar refractivity (Wildman–Crippen MR) is 70.7 cm³/mol. The van der Waals surface area contributed by atoms with E-state index in [0.717, 1.165) is 0 Å². The quantitative estimate of drug-likeness (QED) is 0.725. The Morgan fingerprint density at radius 3 is 2.75 bits per heavy atom. The van der Waals surface area contributed by atoms with Gasteiger partial charge >= 0.3 is 5.97 Å². The zero-order valence-corrected chi connectivity index (χ0v) is 11.2. The maximum absolute atomic E-state index is 11.6. The molecule has 108 valence electrons. The van der Waals surface area contributed by atoms with Crippen LogP contribution in [0.3, 0.4) is 0 Å². The highest BCUT2D eigenvalue weighted by Gasteiger charge is 2.48. The molecular weight excluding hydrogens is 262 g/mol. The Morgan fingerprint density at radius 1 is 1.35 bits per heavy atom. The van der Waals surface area contributed by atoms with Crippen LogP contribution in [0, 0.1) is 11.8 Å². The average molecular weight is 279 g/mol. The smallest absolute Gasteiger partial charge is 0.307 e. The number of rotatable bonds is 7. The van der Waals surface area contributed by atoms with Crippen molar-refractivity contribution in [3.05, 3.63) is 24.3 Å². The Morgan fingerprint density at radius 2 is 2.10 bits per heavy atom. The van der Waals surface area contributed by atoms with E-state index < -0.39 is 11.9 Å². The molecule has 0 heterocycles. The van der Waals surface area contributed by atoms with Crippen LogP contribution in [0.2, 0.25) is 0 Å². The standard InChI is InChI=1S/C14H17NO5/c1-19-9-3-2-4-10(7-9)20-6-5-15-13(16)11-8-12(11)14(17)18/h2-4,7,11-12H,5-6,8H2,1H3,(H,15,16)(H,17,18)/t11-,12+/m1/s1. The van der Waals surface area contributed by atoms with Crippen molar-refractivity contribution in [3.8, 4) is 11.5 Å². The van der Waals surface area contributed by atoms with Gasteiger partial charge in [0.05, 0.1) is 25.5 Å². The van der Waals surface area contributed by atoms with Crippen molar-refractivity contribution in [1.29, 1.82) is 0 Å². The van der Waals surface area contributed by atoms with Crippen LogP contribution in [0.5, 0.6) is 11.5 Å². The third kappa shape index (κ3) is 3.63. The van der Waals surface area contributed by atoms with Gasteiger partial charge in [-0.1, -0.05) is 6.07 Å². The van der Waals surface area contributed by atoms with E-state index in [2.05, 4.69) is 5.32 Å². The minimum absolute atomic E-state index is 0.216. The number of carbonyl (C=O) groups is 2. The van der Waals surface area contributed by atoms with Gasteiger partial charge < -0.3 is 19.9 Å². The first-order valence-electron chi connectivity index (χ1n) is 6.39. The fraction of sp³-hybridized carbons (Fsp3) is 0.429. The molecule has 0 aromatic heterocycles. The first-order chi connectivity index (χ1) is 9.61. The van der Waals surface area contributed by atoms with E-state index in [4.69, 9.17) is 14.6 Å². The van der Waals surface area contributed by atoms with Crippen LogP contribution in [-0.2, 0) is 9.59 Å². The Kier molecular flexibility index (Phi) is 4.45. The van der Waals surface area contributed by atoms with Gasteiger partial charge in [0, 0.05) is 6.07 Å². The van der Waals surface area contributed by atoms with E-state index in [-0.39, 0.29) is 11.8 Å². The maximum atomic E-state index is 11.6. The third-order valence-corrected chi connectivity index (χ3v) is 3.16. The van der Waals surface area contributed by atoms with E-state index in [1.807, 2.05) is 12.1 Å². The molecule has 1 aliphatic carbocycles. The van der Waals surface area contributed by atoms with Gasteiger partial charge in [-0.25, -0.2) is 0 Å². The molecule has 0 radical (unpaired) electrons. The number of benzene rings is 1. The van der Waals surface area contributed by atoms with Gasteiger partial charge in [-0.3, -0.25) is 9.59 Å². The fourth-order valence-corrected chi connectivity index (χ4v) is 1.92. The van der Waals surface area contributed by atoms with E-state index >= 15 is 0 Å². The van der Waals surface area contributed by atoms with Gasteiger partial charge in [0.1, 0.15) is 18.1 Å². The Labute approximate surface area is 116 Å². The number of nitrogens with one attached hydrogen (secondary N) is 1. The van der Waals surface area contributed by atoms with E-state index in [1.54, 1.807) is 19.2 Å². The molecular formula is C14H17NO5. The summed E-state index contributed by atoms with van der Waals surface area (Å²) in [6.45, 7) is 0.669. The van der Waals surface area contributed by atoms with Crippen LogP contribution in [0.1, 0.15) is 6.42 Å². The Hall–Kier alpha value is -2.24. The normalized spacial score (nSPS) is 20.1. The SMILES string of the molecule is COc1cccc(OCCNC(=O)[C@@H]2C[C@@H]2C(=O)O)c1. The molecule has 0 aliphatic heterocycles. The molecule has 1 saturated carbocycles. The highest BCUT2D eigenvalue weighted by Crippen LogP contribution is 2.38. The summed E-state index contributed by atoms with van der Waals surface area (Å²) in [6.07, 6.45) is 0.428. The lowest BCUT2D eigenvalue weighted by molar-refractivity contribution is -0.140. The van der Waals surface area contributed by atoms with Gasteiger partial charge in [0.15, 0.2) is 0 Å². The molecule has 0 spiro atoms. The van der Waals surface area contributed by atoms with Crippen molar-refractivity contribution in [2.24, 2.45) is 11.8 Å². The third-order valence-electron chi connectivity index (χ3n) is 3.16. The zero-order valence-electron chi connectivity index (χ0n) is 11.2. The van der Waals surface area contributed by atoms with Crippen LogP contribution in [0.4, 0.5) is 0 Å². The van der Waals surface area contributed by atoms with Crippen LogP contribution >= 0.6 is 0 Å². The number of hydrogen-bond donors (Lipinski definition) is 2. The average Bonchev–Trinajstić information content (AvgIpc) is 3.24. The van der Waals surface area contributed by atoms with Crippen LogP contribution in [-0.4, -0.2) is 37.2 Å². The van der Waals surface area contributed by atoms with Crippen LogP contribution < -0.4 is 14.8 Å². The zero-order chi connectivity index (χ0) is 14.5. The number of ether oxygens (including phenoxy) is 2. The van der Waals surface area contributed by atoms with Crippen molar-refractivity contribution >= 4 is 11.9 Å². The van der Waals surface area contributed by atoms with Crippen LogP contribution in [0.25, 0.3) is 0 Å². The summed E-state index contributed by atoms with van der Waals surface area (Å²) in [5.74, 6) is -0.662. The second kappa shape index (κ2) is 6.27. The maximum Gasteiger partial charge on any atom is 0.307 e. The molecule has 2 atom stereocenters. The Bertz CT molecular complexity index is 502. The molecule has 0 bridgehead atoms. The number of aliphatic carboxylic acids is 1. The molecule has 0 saturated heterocycles. The first kappa shape index (κ1) is 14.2. The highest BCUT2D eigenvalue weighted by molar-refractivity contribution is 5.89. The summed E-state index contributed by atoms with van der Waals surface area (Å²) in [6, 6.07) is 7.18. The second-order valence-electron chi connectivity index (χ2n) is 4.61. The molecule has 1 aromatic carbocycles. The fourth-order valence-electron chi connectivity index (χ4n) is 1.92. The number of methoxy groups -OCH3 is 1. The molecule has 1 aliphatic rings. The minimum Gasteiger partial charge on any atom is -0.497 e. The number of hydrogen-bond acceptors (Lipinski definition) is 4. The summed E-state index contributed by atoms with van der Waals surface area (Å²) in [4.78, 5) is 22.2. The molecule has 6 heteroatoms. The van der Waals surface area contributed by atoms with Gasteiger partial charge in [-0.2, -0.15) is 0 Å². The van der Waals surface area contributed by atoms with Crippen molar-refractivity contribution in [2.75, 3.05) is 20.3 Å². The topological polar surface area (TPSA) is 84.9 Å². The van der Waals surface area contributed by atoms with E-state index in [0.29, 0.717) is 31.1 Å². The molecule has 0 unspecified atom stereocenters. The number of carbonyl (C=O) groups excluding carboxylic acids is 1. The summed E-state index contributed by atoms with van der Waals surface area (Å²) in [5, 5.41) is 11.4. The largest absolute Gasteiger partial charge is 0.497 e. The molecule has 2 rings (SSSR count). The summed E-state index contributed by atoms with van der Waals surface area (Å²) in [5.41, 5.74) is 0. The molecule has 1 amide bonds. The number of amides is 1. The summed E-state index contributed by atoms with van der Waals surface area (Å²) >= 11 is 0. The van der Waals surface area contributed by atoms with Gasteiger partial charge in [-0.05, 0) is 18.6 Å². The van der Waals surface area contributed by atoms with E-state index in [1.165, 1.54) is 0 Å². The van der Waals surface area contributed by atoms with Gasteiger partial charge in [-0.15, -0.1) is 0 Å². The predicted octanol–water partition coefficient (Wildman–Crippen LogP) is 0.911. The lowest BCUT2D eigenvalue weighted by Gasteiger charge is -2.08. The highest BCUT2D eigenvalue weighted by atomic mass is 16.5. The molecule has 20 heavy (non-hydrogen) atoms. The molecule has 6 nitrogen and oxygen atoms in total. The van der Waals surface area contributed by atoms with Crippen molar-refractivity contribution in [3.63, 3.8) is 0 Å². The summed E-state index contributed by atoms with van der Waals surface area (Å²) < 4.78 is 10.5. The minimum atomic E-state index is -0.905. The molecule has 2 N–H and O–H groups in total. The Balaban J connectivity index is 1.66. The molecule has 1 aromatic rings. The van der Waals surface area contributed by atoms with Crippen molar-refractivity contribution in [2.45, 2.75) is 6.42 Å².